The van der Waals surface area contributed by atoms with Crippen LogP contribution in [0.3, 0.4) is 0 Å². The Morgan fingerprint density at radius 3 is 2.84 bits per heavy atom. The molecule has 1 saturated carbocycles. The van der Waals surface area contributed by atoms with Crippen molar-refractivity contribution in [3.05, 3.63) is 29.8 Å². The van der Waals surface area contributed by atoms with E-state index in [0.717, 1.165) is 24.8 Å². The number of nitrogens with zero attached hydrogens (tertiary/aromatic N) is 1. The molecule has 0 bridgehead atoms. The summed E-state index contributed by atoms with van der Waals surface area (Å²) >= 11 is 0. The average Bonchev–Trinajstić information content (AvgIpc) is 3.12. The van der Waals surface area contributed by atoms with E-state index < -0.39 is 0 Å². The number of benzene rings is 1. The lowest BCUT2D eigenvalue weighted by molar-refractivity contribution is 0.403. The third kappa shape index (κ3) is 2.39. The molecule has 1 atom stereocenters. The topological polar surface area (TPSA) is 45.6 Å². The average molecular weight is 259 g/mol. The third-order valence-corrected chi connectivity index (χ3v) is 4.03. The quantitative estimate of drug-likeness (QED) is 0.864. The number of ether oxygens (including phenoxy) is 1. The largest absolute Gasteiger partial charge is 0.496 e. The summed E-state index contributed by atoms with van der Waals surface area (Å²) in [5, 5.41) is 6.79. The summed E-state index contributed by atoms with van der Waals surface area (Å²) in [6.45, 7) is 3.93. The monoisotopic (exact) mass is 259 g/mol. The number of methoxy groups -OCH3 is 1. The van der Waals surface area contributed by atoms with Gasteiger partial charge in [-0.1, -0.05) is 18.2 Å². The molecule has 19 heavy (non-hydrogen) atoms. The molecular formula is C15H21N3O. The molecule has 1 fully saturated rings. The first-order valence-electron chi connectivity index (χ1n) is 6.92. The standard InChI is InChI=1S/C15H21N3O/c1-11-9-16-14(18-11)17-10-15(7-8-15)12-5-3-4-6-13(12)19-2/h3-6,11H,7-10H2,1-2H3,(H2,16,17,18). The fourth-order valence-electron chi connectivity index (χ4n) is 2.69. The SMILES string of the molecule is COc1ccccc1C1(CNC2=NCC(C)N2)CC1. The van der Waals surface area contributed by atoms with Gasteiger partial charge < -0.3 is 15.4 Å². The molecule has 4 nitrogen and oxygen atoms in total. The van der Waals surface area contributed by atoms with E-state index in [9.17, 15) is 0 Å². The Labute approximate surface area is 114 Å². The minimum absolute atomic E-state index is 0.225. The van der Waals surface area contributed by atoms with Gasteiger partial charge >= 0.3 is 0 Å². The van der Waals surface area contributed by atoms with E-state index in [1.165, 1.54) is 18.4 Å². The molecule has 0 radical (unpaired) electrons. The van der Waals surface area contributed by atoms with Crippen LogP contribution in [0, 0.1) is 0 Å². The Kier molecular flexibility index (Phi) is 3.09. The number of rotatable bonds is 4. The fourth-order valence-corrected chi connectivity index (χ4v) is 2.69. The molecule has 102 valence electrons. The van der Waals surface area contributed by atoms with Crippen molar-refractivity contribution < 1.29 is 4.74 Å². The van der Waals surface area contributed by atoms with Crippen LogP contribution >= 0.6 is 0 Å². The predicted octanol–water partition coefficient (Wildman–Crippen LogP) is 1.66. The Morgan fingerprint density at radius 2 is 2.21 bits per heavy atom. The van der Waals surface area contributed by atoms with Crippen molar-refractivity contribution in [1.29, 1.82) is 0 Å². The molecular weight excluding hydrogens is 238 g/mol. The highest BCUT2D eigenvalue weighted by molar-refractivity contribution is 5.81. The van der Waals surface area contributed by atoms with E-state index in [0.29, 0.717) is 6.04 Å². The molecule has 0 amide bonds. The van der Waals surface area contributed by atoms with E-state index >= 15 is 0 Å². The van der Waals surface area contributed by atoms with Crippen molar-refractivity contribution in [2.45, 2.75) is 31.2 Å². The lowest BCUT2D eigenvalue weighted by Crippen LogP contribution is -2.41. The summed E-state index contributed by atoms with van der Waals surface area (Å²) in [4.78, 5) is 4.45. The number of hydrogen-bond acceptors (Lipinski definition) is 4. The summed E-state index contributed by atoms with van der Waals surface area (Å²) in [6.07, 6.45) is 2.42. The predicted molar refractivity (Wildman–Crippen MR) is 76.8 cm³/mol. The zero-order valence-electron chi connectivity index (χ0n) is 11.6. The number of nitrogens with one attached hydrogen (secondary N) is 2. The fraction of sp³-hybridized carbons (Fsp3) is 0.533. The minimum Gasteiger partial charge on any atom is -0.496 e. The highest BCUT2D eigenvalue weighted by atomic mass is 16.5. The van der Waals surface area contributed by atoms with Gasteiger partial charge in [0.2, 0.25) is 0 Å². The molecule has 0 spiro atoms. The maximum absolute atomic E-state index is 5.49. The van der Waals surface area contributed by atoms with Crippen molar-refractivity contribution in [2.24, 2.45) is 4.99 Å². The maximum atomic E-state index is 5.49. The Morgan fingerprint density at radius 1 is 1.42 bits per heavy atom. The zero-order valence-corrected chi connectivity index (χ0v) is 11.6. The van der Waals surface area contributed by atoms with Crippen molar-refractivity contribution in [3.8, 4) is 5.75 Å². The van der Waals surface area contributed by atoms with Gasteiger partial charge in [-0.05, 0) is 25.8 Å². The summed E-state index contributed by atoms with van der Waals surface area (Å²) in [5.41, 5.74) is 1.54. The molecule has 2 N–H and O–H groups in total. The number of guanidine groups is 1. The molecule has 0 aromatic heterocycles. The molecule has 1 aliphatic carbocycles. The van der Waals surface area contributed by atoms with E-state index in [2.05, 4.69) is 34.7 Å². The highest BCUT2D eigenvalue weighted by Crippen LogP contribution is 2.50. The summed E-state index contributed by atoms with van der Waals surface area (Å²) in [5.74, 6) is 1.94. The van der Waals surface area contributed by atoms with Crippen LogP contribution < -0.4 is 15.4 Å². The van der Waals surface area contributed by atoms with E-state index in [4.69, 9.17) is 4.74 Å². The normalized spacial score (nSPS) is 23.5. The van der Waals surface area contributed by atoms with Gasteiger partial charge in [-0.2, -0.15) is 0 Å². The van der Waals surface area contributed by atoms with Crippen molar-refractivity contribution in [3.63, 3.8) is 0 Å². The second-order valence-corrected chi connectivity index (χ2v) is 5.57. The van der Waals surface area contributed by atoms with Crippen molar-refractivity contribution >= 4 is 5.96 Å². The Balaban J connectivity index is 1.70. The van der Waals surface area contributed by atoms with E-state index in [-0.39, 0.29) is 5.41 Å². The van der Waals surface area contributed by atoms with Crippen LogP contribution in [-0.4, -0.2) is 32.2 Å². The van der Waals surface area contributed by atoms with Crippen molar-refractivity contribution in [1.82, 2.24) is 10.6 Å². The number of para-hydroxylation sites is 1. The molecule has 1 aliphatic heterocycles. The molecule has 1 heterocycles. The number of aliphatic imine (C=N–C) groups is 1. The first-order chi connectivity index (χ1) is 9.23. The molecule has 1 unspecified atom stereocenters. The zero-order chi connectivity index (χ0) is 13.3. The molecule has 3 rings (SSSR count). The second kappa shape index (κ2) is 4.76. The minimum atomic E-state index is 0.225. The van der Waals surface area contributed by atoms with Crippen LogP contribution in [0.4, 0.5) is 0 Å². The molecule has 2 aliphatic rings. The van der Waals surface area contributed by atoms with Crippen LogP contribution in [0.15, 0.2) is 29.3 Å². The van der Waals surface area contributed by atoms with Gasteiger partial charge in [-0.25, -0.2) is 0 Å². The maximum Gasteiger partial charge on any atom is 0.191 e. The first-order valence-corrected chi connectivity index (χ1v) is 6.92. The Hall–Kier alpha value is -1.71. The molecule has 1 aromatic carbocycles. The molecule has 0 saturated heterocycles. The lowest BCUT2D eigenvalue weighted by atomic mass is 9.95. The van der Waals surface area contributed by atoms with Crippen LogP contribution in [0.2, 0.25) is 0 Å². The van der Waals surface area contributed by atoms with Crippen LogP contribution in [0.5, 0.6) is 5.75 Å². The van der Waals surface area contributed by atoms with Crippen molar-refractivity contribution in [2.75, 3.05) is 20.2 Å². The second-order valence-electron chi connectivity index (χ2n) is 5.57. The third-order valence-electron chi connectivity index (χ3n) is 4.03. The smallest absolute Gasteiger partial charge is 0.191 e. The lowest BCUT2D eigenvalue weighted by Gasteiger charge is -2.20. The van der Waals surface area contributed by atoms with E-state index in [1.807, 2.05) is 12.1 Å². The van der Waals surface area contributed by atoms with Gasteiger partial charge in [-0.15, -0.1) is 0 Å². The summed E-state index contributed by atoms with van der Waals surface area (Å²) < 4.78 is 5.49. The Bertz CT molecular complexity index is 494. The van der Waals surface area contributed by atoms with Crippen LogP contribution in [0.1, 0.15) is 25.3 Å². The summed E-state index contributed by atoms with van der Waals surface area (Å²) in [6, 6.07) is 8.79. The summed E-state index contributed by atoms with van der Waals surface area (Å²) in [7, 11) is 1.74. The molecule has 1 aromatic rings. The first kappa shape index (κ1) is 12.3. The van der Waals surface area contributed by atoms with Gasteiger partial charge in [-0.3, -0.25) is 4.99 Å². The van der Waals surface area contributed by atoms with Gasteiger partial charge in [0.25, 0.3) is 0 Å². The van der Waals surface area contributed by atoms with Crippen LogP contribution in [0.25, 0.3) is 0 Å². The van der Waals surface area contributed by atoms with Gasteiger partial charge in [0, 0.05) is 23.6 Å². The van der Waals surface area contributed by atoms with Gasteiger partial charge in [0.1, 0.15) is 5.75 Å². The van der Waals surface area contributed by atoms with Crippen LogP contribution in [-0.2, 0) is 5.41 Å². The van der Waals surface area contributed by atoms with Gasteiger partial charge in [0.15, 0.2) is 5.96 Å². The molecule has 4 heteroatoms. The van der Waals surface area contributed by atoms with Gasteiger partial charge in [0.05, 0.1) is 13.7 Å². The van der Waals surface area contributed by atoms with E-state index in [1.54, 1.807) is 7.11 Å². The number of hydrogen-bond donors (Lipinski definition) is 2. The highest BCUT2D eigenvalue weighted by Gasteiger charge is 2.46.